The number of hydrogen-bond acceptors (Lipinski definition) is 3. The normalized spacial score (nSPS) is 12.6. The number of aromatic nitrogens is 1. The van der Waals surface area contributed by atoms with Crippen LogP contribution in [0.2, 0.25) is 0 Å². The molecule has 1 heterocycles. The maximum atomic E-state index is 11.7. The summed E-state index contributed by atoms with van der Waals surface area (Å²) in [7, 11) is -1.68. The van der Waals surface area contributed by atoms with Gasteiger partial charge in [0.15, 0.2) is 0 Å². The van der Waals surface area contributed by atoms with Gasteiger partial charge in [0, 0.05) is 11.6 Å². The van der Waals surface area contributed by atoms with Crippen LogP contribution in [0, 0.1) is 0 Å². The Kier molecular flexibility index (Phi) is 5.26. The highest BCUT2D eigenvalue weighted by molar-refractivity contribution is 7.92. The van der Waals surface area contributed by atoms with E-state index < -0.39 is 10.0 Å². The maximum Gasteiger partial charge on any atom is 0.229 e. The van der Waals surface area contributed by atoms with Crippen molar-refractivity contribution in [2.75, 3.05) is 18.1 Å². The number of nitrogens with one attached hydrogen (secondary N) is 1. The predicted molar refractivity (Wildman–Crippen MR) is 123 cm³/mol. The summed E-state index contributed by atoms with van der Waals surface area (Å²) in [4.78, 5) is 0. The minimum Gasteiger partial charge on any atom is -0.497 e. The van der Waals surface area contributed by atoms with Gasteiger partial charge in [-0.1, -0.05) is 36.4 Å². The zero-order valence-electron chi connectivity index (χ0n) is 17.2. The first-order valence-electron chi connectivity index (χ1n) is 9.67. The number of benzene rings is 3. The lowest BCUT2D eigenvalue weighted by Gasteiger charge is -2.17. The van der Waals surface area contributed by atoms with E-state index in [0.717, 1.165) is 39.6 Å². The standard InChI is InChI=1S/C24H24N2O3S/c1-17(18-7-4-8-19(15-18)20-9-5-10-21(16-20)29-2)26-14-13-22-23(25-30(3,27)28)11-6-12-24(22)26/h4-17,25H,1-3H3. The van der Waals surface area contributed by atoms with Crippen molar-refractivity contribution < 1.29 is 13.2 Å². The van der Waals surface area contributed by atoms with Gasteiger partial charge in [-0.3, -0.25) is 4.72 Å². The molecule has 6 heteroatoms. The molecule has 0 fully saturated rings. The molecule has 1 unspecified atom stereocenters. The number of ether oxygens (including phenoxy) is 1. The molecular formula is C24H24N2O3S. The smallest absolute Gasteiger partial charge is 0.229 e. The van der Waals surface area contributed by atoms with Crippen LogP contribution in [0.1, 0.15) is 18.5 Å². The van der Waals surface area contributed by atoms with Gasteiger partial charge in [0.05, 0.1) is 30.6 Å². The number of anilines is 1. The van der Waals surface area contributed by atoms with Gasteiger partial charge in [0.1, 0.15) is 5.75 Å². The molecule has 0 saturated heterocycles. The van der Waals surface area contributed by atoms with Gasteiger partial charge in [-0.2, -0.15) is 0 Å². The number of methoxy groups -OCH3 is 1. The number of sulfonamides is 1. The van der Waals surface area contributed by atoms with Gasteiger partial charge in [-0.15, -0.1) is 0 Å². The van der Waals surface area contributed by atoms with E-state index >= 15 is 0 Å². The van der Waals surface area contributed by atoms with Crippen molar-refractivity contribution in [3.8, 4) is 16.9 Å². The number of rotatable bonds is 6. The minimum atomic E-state index is -3.34. The van der Waals surface area contributed by atoms with Gasteiger partial charge in [-0.25, -0.2) is 8.42 Å². The molecule has 30 heavy (non-hydrogen) atoms. The molecule has 0 aliphatic rings. The summed E-state index contributed by atoms with van der Waals surface area (Å²) in [6.07, 6.45) is 3.16. The third kappa shape index (κ3) is 4.04. The quantitative estimate of drug-likeness (QED) is 0.461. The van der Waals surface area contributed by atoms with Crippen molar-refractivity contribution in [1.29, 1.82) is 0 Å². The van der Waals surface area contributed by atoms with Gasteiger partial charge in [-0.05, 0) is 60.0 Å². The molecule has 0 bridgehead atoms. The van der Waals surface area contributed by atoms with Crippen molar-refractivity contribution in [2.45, 2.75) is 13.0 Å². The molecule has 5 nitrogen and oxygen atoms in total. The minimum absolute atomic E-state index is 0.0709. The fourth-order valence-corrected chi connectivity index (χ4v) is 4.33. The lowest BCUT2D eigenvalue weighted by Crippen LogP contribution is -2.10. The average molecular weight is 421 g/mol. The molecular weight excluding hydrogens is 396 g/mol. The van der Waals surface area contributed by atoms with Gasteiger partial charge >= 0.3 is 0 Å². The first-order chi connectivity index (χ1) is 14.4. The number of nitrogens with zero attached hydrogens (tertiary/aromatic N) is 1. The summed E-state index contributed by atoms with van der Waals surface area (Å²) in [6.45, 7) is 2.14. The Morgan fingerprint density at radius 1 is 0.933 bits per heavy atom. The van der Waals surface area contributed by atoms with Gasteiger partial charge in [0.2, 0.25) is 10.0 Å². The van der Waals surface area contributed by atoms with Crippen LogP contribution in [-0.4, -0.2) is 26.4 Å². The Morgan fingerprint density at radius 3 is 2.37 bits per heavy atom. The summed E-state index contributed by atoms with van der Waals surface area (Å²) >= 11 is 0. The molecule has 3 aromatic carbocycles. The first-order valence-corrected chi connectivity index (χ1v) is 11.6. The Bertz CT molecular complexity index is 1310. The second-order valence-corrected chi connectivity index (χ2v) is 9.12. The van der Waals surface area contributed by atoms with Crippen LogP contribution in [0.5, 0.6) is 5.75 Å². The van der Waals surface area contributed by atoms with E-state index in [9.17, 15) is 8.42 Å². The molecule has 0 saturated carbocycles. The van der Waals surface area contributed by atoms with E-state index in [1.807, 2.05) is 42.6 Å². The van der Waals surface area contributed by atoms with E-state index in [1.54, 1.807) is 13.2 Å². The third-order valence-corrected chi connectivity index (χ3v) is 5.84. The monoisotopic (exact) mass is 420 g/mol. The van der Waals surface area contributed by atoms with E-state index in [1.165, 1.54) is 0 Å². The average Bonchev–Trinajstić information content (AvgIpc) is 3.17. The van der Waals surface area contributed by atoms with Crippen molar-refractivity contribution in [3.63, 3.8) is 0 Å². The first kappa shape index (κ1) is 20.0. The second kappa shape index (κ2) is 7.88. The maximum absolute atomic E-state index is 11.7. The van der Waals surface area contributed by atoms with E-state index in [-0.39, 0.29) is 6.04 Å². The van der Waals surface area contributed by atoms with Crippen LogP contribution in [0.25, 0.3) is 22.0 Å². The summed E-state index contributed by atoms with van der Waals surface area (Å²) in [6, 6.07) is 24.1. The summed E-state index contributed by atoms with van der Waals surface area (Å²) < 4.78 is 33.5. The second-order valence-electron chi connectivity index (χ2n) is 7.37. The predicted octanol–water partition coefficient (Wildman–Crippen LogP) is 5.30. The van der Waals surface area contributed by atoms with Crippen LogP contribution < -0.4 is 9.46 Å². The molecule has 1 aromatic heterocycles. The van der Waals surface area contributed by atoms with E-state index in [4.69, 9.17) is 4.74 Å². The molecule has 0 aliphatic heterocycles. The van der Waals surface area contributed by atoms with Crippen LogP contribution in [0.3, 0.4) is 0 Å². The number of hydrogen-bond donors (Lipinski definition) is 1. The molecule has 0 aliphatic carbocycles. The number of fused-ring (bicyclic) bond motifs is 1. The zero-order valence-corrected chi connectivity index (χ0v) is 18.0. The lowest BCUT2D eigenvalue weighted by molar-refractivity contribution is 0.415. The van der Waals surface area contributed by atoms with Crippen LogP contribution in [0.4, 0.5) is 5.69 Å². The highest BCUT2D eigenvalue weighted by Gasteiger charge is 2.14. The highest BCUT2D eigenvalue weighted by Crippen LogP contribution is 2.32. The fraction of sp³-hybridized carbons (Fsp3) is 0.167. The molecule has 0 radical (unpaired) electrons. The fourth-order valence-electron chi connectivity index (χ4n) is 3.76. The molecule has 4 rings (SSSR count). The van der Waals surface area contributed by atoms with Crippen LogP contribution in [0.15, 0.2) is 79.0 Å². The Hall–Kier alpha value is -3.25. The Labute approximate surface area is 177 Å². The molecule has 154 valence electrons. The lowest BCUT2D eigenvalue weighted by atomic mass is 10.00. The molecule has 1 atom stereocenters. The van der Waals surface area contributed by atoms with Gasteiger partial charge < -0.3 is 9.30 Å². The summed E-state index contributed by atoms with van der Waals surface area (Å²) in [5.74, 6) is 0.827. The van der Waals surface area contributed by atoms with Crippen molar-refractivity contribution in [3.05, 3.63) is 84.6 Å². The molecule has 0 spiro atoms. The van der Waals surface area contributed by atoms with E-state index in [2.05, 4.69) is 46.5 Å². The topological polar surface area (TPSA) is 60.3 Å². The van der Waals surface area contributed by atoms with Crippen molar-refractivity contribution in [2.24, 2.45) is 0 Å². The summed E-state index contributed by atoms with van der Waals surface area (Å²) in [5.41, 5.74) is 4.94. The Morgan fingerprint density at radius 2 is 1.63 bits per heavy atom. The summed E-state index contributed by atoms with van der Waals surface area (Å²) in [5, 5.41) is 0.874. The molecule has 1 N–H and O–H groups in total. The molecule has 4 aromatic rings. The zero-order chi connectivity index (χ0) is 21.3. The van der Waals surface area contributed by atoms with Crippen LogP contribution >= 0.6 is 0 Å². The highest BCUT2D eigenvalue weighted by atomic mass is 32.2. The SMILES string of the molecule is COc1cccc(-c2cccc(C(C)n3ccc4c(NS(C)(=O)=O)cccc43)c2)c1. The molecule has 0 amide bonds. The van der Waals surface area contributed by atoms with Crippen molar-refractivity contribution >= 4 is 26.6 Å². The Balaban J connectivity index is 1.72. The van der Waals surface area contributed by atoms with Crippen molar-refractivity contribution in [1.82, 2.24) is 4.57 Å². The van der Waals surface area contributed by atoms with Gasteiger partial charge in [0.25, 0.3) is 0 Å². The third-order valence-electron chi connectivity index (χ3n) is 5.25. The van der Waals surface area contributed by atoms with E-state index in [0.29, 0.717) is 5.69 Å². The largest absolute Gasteiger partial charge is 0.497 e. The van der Waals surface area contributed by atoms with Crippen LogP contribution in [-0.2, 0) is 10.0 Å².